The third kappa shape index (κ3) is 6.32. The smallest absolute Gasteiger partial charge is 0.234 e. The monoisotopic (exact) mass is 305 g/mol. The molecule has 1 aromatic rings. The van der Waals surface area contributed by atoms with Crippen LogP contribution in [0.1, 0.15) is 20.8 Å². The molecule has 1 aromatic carbocycles. The minimum atomic E-state index is -0.454. The molecule has 1 rings (SSSR count). The Labute approximate surface area is 129 Å². The first-order chi connectivity index (χ1) is 9.82. The fourth-order valence-electron chi connectivity index (χ4n) is 1.34. The van der Waals surface area contributed by atoms with E-state index >= 15 is 0 Å². The van der Waals surface area contributed by atoms with Crippen LogP contribution < -0.4 is 10.6 Å². The highest BCUT2D eigenvalue weighted by Gasteiger charge is 2.20. The van der Waals surface area contributed by atoms with Crippen LogP contribution in [0, 0.1) is 16.7 Å². The Hall–Kier alpha value is -2.00. The average molecular weight is 305 g/mol. The lowest BCUT2D eigenvalue weighted by molar-refractivity contribution is -0.123. The zero-order chi connectivity index (χ0) is 15.9. The van der Waals surface area contributed by atoms with E-state index in [2.05, 4.69) is 10.6 Å². The van der Waals surface area contributed by atoms with Crippen molar-refractivity contribution >= 4 is 35.0 Å². The maximum atomic E-state index is 11.8. The summed E-state index contributed by atoms with van der Waals surface area (Å²) in [4.78, 5) is 23.4. The first-order valence-electron chi connectivity index (χ1n) is 6.49. The van der Waals surface area contributed by atoms with E-state index in [9.17, 15) is 9.59 Å². The molecule has 0 atom stereocenters. The van der Waals surface area contributed by atoms with E-state index in [0.29, 0.717) is 17.1 Å². The van der Waals surface area contributed by atoms with Crippen LogP contribution in [0.2, 0.25) is 0 Å². The van der Waals surface area contributed by atoms with E-state index in [-0.39, 0.29) is 17.6 Å². The molecule has 0 bridgehead atoms. The zero-order valence-electron chi connectivity index (χ0n) is 12.4. The Bertz CT molecular complexity index is 542. The number of amides is 2. The molecule has 0 radical (unpaired) electrons. The van der Waals surface area contributed by atoms with Gasteiger partial charge in [-0.2, -0.15) is 5.26 Å². The quantitative estimate of drug-likeness (QED) is 0.820. The molecule has 0 unspecified atom stereocenters. The van der Waals surface area contributed by atoms with Gasteiger partial charge in [0.1, 0.15) is 0 Å². The molecule has 0 saturated heterocycles. The molecule has 0 heterocycles. The van der Waals surface area contributed by atoms with E-state index in [4.69, 9.17) is 5.26 Å². The lowest BCUT2D eigenvalue weighted by Crippen LogP contribution is -2.27. The summed E-state index contributed by atoms with van der Waals surface area (Å²) in [5.41, 5.74) is 0.892. The third-order valence-electron chi connectivity index (χ3n) is 2.51. The number of thioether (sulfide) groups is 1. The van der Waals surface area contributed by atoms with Crippen molar-refractivity contribution in [1.82, 2.24) is 0 Å². The standard InChI is InChI=1S/C15H19N3O2S/c1-15(2,3)14(20)18-12-6-4-11(5-7-12)17-13(19)10-21-9-8-16/h4-7H,9-10H2,1-3H3,(H,17,19)(H,18,20). The van der Waals surface area contributed by atoms with Gasteiger partial charge in [-0.3, -0.25) is 9.59 Å². The maximum Gasteiger partial charge on any atom is 0.234 e. The Balaban J connectivity index is 2.53. The maximum absolute atomic E-state index is 11.8. The van der Waals surface area contributed by atoms with Crippen molar-refractivity contribution in [2.45, 2.75) is 20.8 Å². The molecule has 21 heavy (non-hydrogen) atoms. The van der Waals surface area contributed by atoms with Crippen LogP contribution in [-0.2, 0) is 9.59 Å². The van der Waals surface area contributed by atoms with Crippen LogP contribution in [0.3, 0.4) is 0 Å². The van der Waals surface area contributed by atoms with Gasteiger partial charge in [0.2, 0.25) is 11.8 Å². The van der Waals surface area contributed by atoms with Crippen molar-refractivity contribution < 1.29 is 9.59 Å². The fourth-order valence-corrected chi connectivity index (χ4v) is 1.79. The molecule has 0 saturated carbocycles. The lowest BCUT2D eigenvalue weighted by Gasteiger charge is -2.17. The minimum Gasteiger partial charge on any atom is -0.326 e. The molecule has 6 heteroatoms. The van der Waals surface area contributed by atoms with Gasteiger partial charge in [-0.25, -0.2) is 0 Å². The summed E-state index contributed by atoms with van der Waals surface area (Å²) in [6.07, 6.45) is 0. The summed E-state index contributed by atoms with van der Waals surface area (Å²) in [6.45, 7) is 5.53. The van der Waals surface area contributed by atoms with Crippen LogP contribution in [-0.4, -0.2) is 23.3 Å². The Morgan fingerprint density at radius 1 is 1.14 bits per heavy atom. The van der Waals surface area contributed by atoms with E-state index in [1.165, 1.54) is 11.8 Å². The molecule has 0 aliphatic heterocycles. The van der Waals surface area contributed by atoms with E-state index in [1.807, 2.05) is 26.8 Å². The number of benzene rings is 1. The summed E-state index contributed by atoms with van der Waals surface area (Å²) < 4.78 is 0. The predicted molar refractivity (Wildman–Crippen MR) is 86.1 cm³/mol. The highest BCUT2D eigenvalue weighted by molar-refractivity contribution is 8.00. The molecule has 0 aromatic heterocycles. The van der Waals surface area contributed by atoms with Crippen molar-refractivity contribution in [1.29, 1.82) is 5.26 Å². The van der Waals surface area contributed by atoms with Crippen LogP contribution in [0.4, 0.5) is 11.4 Å². The van der Waals surface area contributed by atoms with Crippen molar-refractivity contribution in [3.05, 3.63) is 24.3 Å². The van der Waals surface area contributed by atoms with Crippen LogP contribution in [0.5, 0.6) is 0 Å². The van der Waals surface area contributed by atoms with E-state index in [0.717, 1.165) is 0 Å². The Kier molecular flexibility index (Phi) is 6.25. The number of rotatable bonds is 5. The van der Waals surface area contributed by atoms with E-state index < -0.39 is 5.41 Å². The largest absolute Gasteiger partial charge is 0.326 e. The predicted octanol–water partition coefficient (Wildman–Crippen LogP) is 2.87. The summed E-state index contributed by atoms with van der Waals surface area (Å²) >= 11 is 1.26. The van der Waals surface area contributed by atoms with Crippen LogP contribution in [0.15, 0.2) is 24.3 Å². The third-order valence-corrected chi connectivity index (χ3v) is 3.31. The lowest BCUT2D eigenvalue weighted by atomic mass is 9.95. The minimum absolute atomic E-state index is 0.0628. The fraction of sp³-hybridized carbons (Fsp3) is 0.400. The second-order valence-electron chi connectivity index (χ2n) is 5.48. The van der Waals surface area contributed by atoms with Gasteiger partial charge >= 0.3 is 0 Å². The molecule has 2 amide bonds. The number of carbonyl (C=O) groups excluding carboxylic acids is 2. The number of hydrogen-bond donors (Lipinski definition) is 2. The zero-order valence-corrected chi connectivity index (χ0v) is 13.2. The molecular formula is C15H19N3O2S. The molecule has 2 N–H and O–H groups in total. The number of hydrogen-bond acceptors (Lipinski definition) is 4. The summed E-state index contributed by atoms with van der Waals surface area (Å²) in [5.74, 6) is 0.329. The van der Waals surface area contributed by atoms with Crippen molar-refractivity contribution in [2.75, 3.05) is 22.1 Å². The Morgan fingerprint density at radius 2 is 1.67 bits per heavy atom. The molecule has 0 aliphatic rings. The number of carbonyl (C=O) groups is 2. The van der Waals surface area contributed by atoms with Gasteiger partial charge in [-0.1, -0.05) is 20.8 Å². The van der Waals surface area contributed by atoms with Gasteiger partial charge in [0.25, 0.3) is 0 Å². The van der Waals surface area contributed by atoms with Crippen molar-refractivity contribution in [3.63, 3.8) is 0 Å². The molecule has 0 fully saturated rings. The molecule has 0 aliphatic carbocycles. The normalized spacial score (nSPS) is 10.6. The molecule has 112 valence electrons. The van der Waals surface area contributed by atoms with Gasteiger partial charge in [0.05, 0.1) is 17.6 Å². The highest BCUT2D eigenvalue weighted by atomic mass is 32.2. The number of nitriles is 1. The van der Waals surface area contributed by atoms with Gasteiger partial charge in [-0.05, 0) is 24.3 Å². The first-order valence-corrected chi connectivity index (χ1v) is 7.64. The average Bonchev–Trinajstić information content (AvgIpc) is 2.40. The number of nitrogens with zero attached hydrogens (tertiary/aromatic N) is 1. The van der Waals surface area contributed by atoms with Crippen LogP contribution >= 0.6 is 11.8 Å². The first kappa shape index (κ1) is 17.1. The number of nitrogens with one attached hydrogen (secondary N) is 2. The summed E-state index contributed by atoms with van der Waals surface area (Å²) in [5, 5.41) is 13.9. The van der Waals surface area contributed by atoms with Crippen molar-refractivity contribution in [3.8, 4) is 6.07 Å². The van der Waals surface area contributed by atoms with E-state index in [1.54, 1.807) is 24.3 Å². The van der Waals surface area contributed by atoms with Gasteiger partial charge in [0, 0.05) is 16.8 Å². The highest BCUT2D eigenvalue weighted by Crippen LogP contribution is 2.19. The topological polar surface area (TPSA) is 82.0 Å². The second kappa shape index (κ2) is 7.70. The molecular weight excluding hydrogens is 286 g/mol. The van der Waals surface area contributed by atoms with Gasteiger partial charge in [0.15, 0.2) is 0 Å². The van der Waals surface area contributed by atoms with Crippen LogP contribution in [0.25, 0.3) is 0 Å². The second-order valence-corrected chi connectivity index (χ2v) is 6.47. The van der Waals surface area contributed by atoms with Gasteiger partial charge < -0.3 is 10.6 Å². The molecule has 0 spiro atoms. The summed E-state index contributed by atoms with van der Waals surface area (Å²) in [6, 6.07) is 8.90. The molecule has 5 nitrogen and oxygen atoms in total. The number of anilines is 2. The Morgan fingerprint density at radius 3 is 2.14 bits per heavy atom. The van der Waals surface area contributed by atoms with Crippen molar-refractivity contribution in [2.24, 2.45) is 5.41 Å². The van der Waals surface area contributed by atoms with Gasteiger partial charge in [-0.15, -0.1) is 11.8 Å². The summed E-state index contributed by atoms with van der Waals surface area (Å²) in [7, 11) is 0. The SMILES string of the molecule is CC(C)(C)C(=O)Nc1ccc(NC(=O)CSCC#N)cc1.